The zero-order valence-electron chi connectivity index (χ0n) is 16.4. The van der Waals surface area contributed by atoms with E-state index in [0.29, 0.717) is 17.9 Å². The van der Waals surface area contributed by atoms with Crippen LogP contribution >= 0.6 is 0 Å². The third-order valence-corrected chi connectivity index (χ3v) is 7.24. The molecule has 0 aliphatic carbocycles. The molecule has 4 nitrogen and oxygen atoms in total. The van der Waals surface area contributed by atoms with E-state index in [4.69, 9.17) is 0 Å². The van der Waals surface area contributed by atoms with E-state index in [1.807, 2.05) is 24.4 Å². The number of carbonyl (C=O) groups is 1. The van der Waals surface area contributed by atoms with Crippen molar-refractivity contribution in [1.82, 2.24) is 14.8 Å². The Morgan fingerprint density at radius 3 is 2.96 bits per heavy atom. The fraction of sp³-hybridized carbons (Fsp3) is 0.609. The lowest BCUT2D eigenvalue weighted by Crippen LogP contribution is -2.62. The fourth-order valence-corrected chi connectivity index (χ4v) is 6.14. The minimum atomic E-state index is 0.219. The second-order valence-corrected chi connectivity index (χ2v) is 8.96. The summed E-state index contributed by atoms with van der Waals surface area (Å²) in [6.07, 6.45) is 9.92. The Kier molecular flexibility index (Phi) is 4.47. The van der Waals surface area contributed by atoms with Gasteiger partial charge in [0.1, 0.15) is 0 Å². The van der Waals surface area contributed by atoms with Gasteiger partial charge in [-0.15, -0.1) is 0 Å². The number of nitrogens with one attached hydrogen (secondary N) is 1. The Morgan fingerprint density at radius 2 is 2.07 bits per heavy atom. The van der Waals surface area contributed by atoms with Gasteiger partial charge >= 0.3 is 0 Å². The molecule has 4 atom stereocenters. The second kappa shape index (κ2) is 6.97. The lowest BCUT2D eigenvalue weighted by atomic mass is 9.74. The van der Waals surface area contributed by atoms with E-state index >= 15 is 0 Å². The summed E-state index contributed by atoms with van der Waals surface area (Å²) in [5, 5.41) is 1.06. The first-order valence-corrected chi connectivity index (χ1v) is 10.9. The average molecular weight is 366 g/mol. The Labute approximate surface area is 161 Å². The summed E-state index contributed by atoms with van der Waals surface area (Å²) in [7, 11) is 0. The third kappa shape index (κ3) is 2.98. The number of aromatic amines is 1. The van der Waals surface area contributed by atoms with Crippen molar-refractivity contribution in [2.24, 2.45) is 11.8 Å². The van der Waals surface area contributed by atoms with Crippen molar-refractivity contribution in [3.63, 3.8) is 0 Å². The SMILES string of the molecule is CCC[C@H]1CCC[C@H]2[C@@H]3C[C@@H](CN(C(=O)c4c[nH]c5ccccc45)C3)CN12. The number of hydrogen-bond acceptors (Lipinski definition) is 2. The van der Waals surface area contributed by atoms with Gasteiger partial charge in [0, 0.05) is 48.8 Å². The summed E-state index contributed by atoms with van der Waals surface area (Å²) in [5.74, 6) is 1.52. The molecule has 1 aromatic carbocycles. The summed E-state index contributed by atoms with van der Waals surface area (Å²) in [6, 6.07) is 9.63. The number of nitrogens with zero attached hydrogens (tertiary/aromatic N) is 2. The molecule has 1 aromatic heterocycles. The standard InChI is InChI=1S/C23H31N3O/c1-2-6-18-7-5-10-22-17-11-16(14-26(18)22)13-25(15-17)23(27)20-12-24-21-9-4-3-8-19(20)21/h3-4,8-9,12,16-18,22,24H,2,5-7,10-11,13-15H2,1H3/t16-,17+,18-,22-/m0/s1. The number of para-hydroxylation sites is 1. The van der Waals surface area contributed by atoms with E-state index < -0.39 is 0 Å². The van der Waals surface area contributed by atoms with Crippen LogP contribution in [0.2, 0.25) is 0 Å². The number of amides is 1. The molecule has 5 rings (SSSR count). The van der Waals surface area contributed by atoms with E-state index in [9.17, 15) is 4.79 Å². The quantitative estimate of drug-likeness (QED) is 0.882. The minimum Gasteiger partial charge on any atom is -0.360 e. The molecule has 2 bridgehead atoms. The summed E-state index contributed by atoms with van der Waals surface area (Å²) < 4.78 is 0. The zero-order valence-corrected chi connectivity index (χ0v) is 16.4. The number of benzene rings is 1. The maximum Gasteiger partial charge on any atom is 0.256 e. The molecule has 0 spiro atoms. The molecule has 27 heavy (non-hydrogen) atoms. The van der Waals surface area contributed by atoms with Gasteiger partial charge in [0.2, 0.25) is 0 Å². The fourth-order valence-electron chi connectivity index (χ4n) is 6.14. The largest absolute Gasteiger partial charge is 0.360 e. The van der Waals surface area contributed by atoms with Crippen LogP contribution < -0.4 is 0 Å². The molecule has 3 saturated heterocycles. The van der Waals surface area contributed by atoms with Gasteiger partial charge in [-0.2, -0.15) is 0 Å². The number of hydrogen-bond donors (Lipinski definition) is 1. The van der Waals surface area contributed by atoms with Crippen molar-refractivity contribution in [3.05, 3.63) is 36.0 Å². The molecule has 3 aliphatic heterocycles. The Hall–Kier alpha value is -1.81. The number of piperidine rings is 3. The smallest absolute Gasteiger partial charge is 0.256 e. The average Bonchev–Trinajstić information content (AvgIpc) is 3.12. The van der Waals surface area contributed by atoms with E-state index in [1.54, 1.807) is 0 Å². The number of carbonyl (C=O) groups excluding carboxylic acids is 1. The molecule has 4 heteroatoms. The van der Waals surface area contributed by atoms with Gasteiger partial charge in [0.05, 0.1) is 5.56 Å². The van der Waals surface area contributed by atoms with Crippen molar-refractivity contribution in [2.75, 3.05) is 19.6 Å². The van der Waals surface area contributed by atoms with Gasteiger partial charge in [-0.25, -0.2) is 0 Å². The zero-order chi connectivity index (χ0) is 18.4. The third-order valence-electron chi connectivity index (χ3n) is 7.24. The Bertz CT molecular complexity index is 826. The molecule has 3 aliphatic rings. The molecule has 0 unspecified atom stereocenters. The molecule has 144 valence electrons. The number of rotatable bonds is 3. The summed E-state index contributed by atoms with van der Waals surface area (Å²) >= 11 is 0. The van der Waals surface area contributed by atoms with Crippen LogP contribution in [0.15, 0.2) is 30.5 Å². The van der Waals surface area contributed by atoms with Crippen LogP contribution in [0.4, 0.5) is 0 Å². The number of fused-ring (bicyclic) bond motifs is 5. The van der Waals surface area contributed by atoms with Crippen molar-refractivity contribution >= 4 is 16.8 Å². The predicted octanol–water partition coefficient (Wildman–Crippen LogP) is 4.28. The minimum absolute atomic E-state index is 0.219. The Balaban J connectivity index is 1.37. The van der Waals surface area contributed by atoms with Crippen molar-refractivity contribution in [3.8, 4) is 0 Å². The molecule has 4 heterocycles. The van der Waals surface area contributed by atoms with Gasteiger partial charge < -0.3 is 9.88 Å². The first-order valence-electron chi connectivity index (χ1n) is 10.9. The predicted molar refractivity (Wildman–Crippen MR) is 109 cm³/mol. The topological polar surface area (TPSA) is 39.3 Å². The summed E-state index contributed by atoms with van der Waals surface area (Å²) in [6.45, 7) is 5.38. The van der Waals surface area contributed by atoms with Crippen LogP contribution in [-0.4, -0.2) is 52.4 Å². The van der Waals surface area contributed by atoms with Crippen molar-refractivity contribution in [1.29, 1.82) is 0 Å². The Morgan fingerprint density at radius 1 is 1.19 bits per heavy atom. The van der Waals surface area contributed by atoms with Gasteiger partial charge in [-0.05, 0) is 43.6 Å². The number of aromatic nitrogens is 1. The highest BCUT2D eigenvalue weighted by Gasteiger charge is 2.45. The molecular formula is C23H31N3O. The highest BCUT2D eigenvalue weighted by Crippen LogP contribution is 2.41. The number of likely N-dealkylation sites (tertiary alicyclic amines) is 1. The van der Waals surface area contributed by atoms with Crippen molar-refractivity contribution in [2.45, 2.75) is 57.5 Å². The second-order valence-electron chi connectivity index (χ2n) is 8.96. The van der Waals surface area contributed by atoms with E-state index in [2.05, 4.69) is 27.8 Å². The summed E-state index contributed by atoms with van der Waals surface area (Å²) in [4.78, 5) is 21.6. The maximum atomic E-state index is 13.3. The molecule has 0 saturated carbocycles. The van der Waals surface area contributed by atoms with E-state index in [0.717, 1.165) is 35.6 Å². The van der Waals surface area contributed by atoms with Crippen LogP contribution in [0.25, 0.3) is 10.9 Å². The van der Waals surface area contributed by atoms with Gasteiger partial charge in [-0.1, -0.05) is 38.0 Å². The molecule has 3 fully saturated rings. The highest BCUT2D eigenvalue weighted by molar-refractivity contribution is 6.06. The molecule has 2 aromatic rings. The highest BCUT2D eigenvalue weighted by atomic mass is 16.2. The lowest BCUT2D eigenvalue weighted by Gasteiger charge is -2.55. The van der Waals surface area contributed by atoms with Crippen LogP contribution in [0.3, 0.4) is 0 Å². The monoisotopic (exact) mass is 365 g/mol. The van der Waals surface area contributed by atoms with E-state index in [1.165, 1.54) is 45.1 Å². The lowest BCUT2D eigenvalue weighted by molar-refractivity contribution is -0.0518. The molecule has 0 radical (unpaired) electrons. The van der Waals surface area contributed by atoms with Gasteiger partial charge in [0.15, 0.2) is 0 Å². The molecule has 1 N–H and O–H groups in total. The molecular weight excluding hydrogens is 334 g/mol. The van der Waals surface area contributed by atoms with Gasteiger partial charge in [0.25, 0.3) is 5.91 Å². The number of H-pyrrole nitrogens is 1. The van der Waals surface area contributed by atoms with Crippen molar-refractivity contribution < 1.29 is 4.79 Å². The van der Waals surface area contributed by atoms with Gasteiger partial charge in [-0.3, -0.25) is 9.69 Å². The summed E-state index contributed by atoms with van der Waals surface area (Å²) in [5.41, 5.74) is 1.90. The normalized spacial score (nSPS) is 31.1. The first kappa shape index (κ1) is 17.3. The molecule has 1 amide bonds. The first-order chi connectivity index (χ1) is 13.2. The van der Waals surface area contributed by atoms with E-state index in [-0.39, 0.29) is 5.91 Å². The van der Waals surface area contributed by atoms with Crippen LogP contribution in [-0.2, 0) is 0 Å². The van der Waals surface area contributed by atoms with Crippen LogP contribution in [0.5, 0.6) is 0 Å². The van der Waals surface area contributed by atoms with Crippen LogP contribution in [0, 0.1) is 11.8 Å². The van der Waals surface area contributed by atoms with Crippen LogP contribution in [0.1, 0.15) is 55.8 Å². The maximum absolute atomic E-state index is 13.3.